The van der Waals surface area contributed by atoms with Crippen LogP contribution in [0.1, 0.15) is 24.0 Å². The summed E-state index contributed by atoms with van der Waals surface area (Å²) in [6, 6.07) is 15.2. The van der Waals surface area contributed by atoms with Crippen molar-refractivity contribution in [1.29, 1.82) is 5.26 Å². The van der Waals surface area contributed by atoms with Crippen molar-refractivity contribution in [2.75, 3.05) is 25.5 Å². The van der Waals surface area contributed by atoms with Gasteiger partial charge in [0.1, 0.15) is 0 Å². The topological polar surface area (TPSA) is 90.4 Å². The number of rotatable bonds is 5. The minimum Gasteiger partial charge on any atom is -0.330 e. The van der Waals surface area contributed by atoms with Gasteiger partial charge < -0.3 is 10.6 Å². The number of imide groups is 1. The second-order valence-corrected chi connectivity index (χ2v) is 7.13. The van der Waals surface area contributed by atoms with Crippen LogP contribution in [0.25, 0.3) is 0 Å². The molecule has 2 N–H and O–H groups in total. The molecule has 146 valence electrons. The van der Waals surface area contributed by atoms with E-state index in [0.29, 0.717) is 16.3 Å². The fourth-order valence-electron chi connectivity index (χ4n) is 2.96. The molecule has 7 heteroatoms. The number of carbonyl (C=O) groups is 2. The molecule has 0 unspecified atom stereocenters. The second kappa shape index (κ2) is 9.36. The summed E-state index contributed by atoms with van der Waals surface area (Å²) in [5.41, 5.74) is 7.73. The fraction of sp³-hybridized carbons (Fsp3) is 0.286. The first kappa shape index (κ1) is 21.4. The minimum absolute atomic E-state index is 0.221. The molecular formula is C21H23ClN4O2. The van der Waals surface area contributed by atoms with E-state index >= 15 is 0 Å². The van der Waals surface area contributed by atoms with Gasteiger partial charge in [0.15, 0.2) is 0 Å². The molecule has 0 aliphatic heterocycles. The van der Waals surface area contributed by atoms with E-state index in [4.69, 9.17) is 22.6 Å². The summed E-state index contributed by atoms with van der Waals surface area (Å²) in [5, 5.41) is 9.40. The molecule has 28 heavy (non-hydrogen) atoms. The molecule has 3 amide bonds. The van der Waals surface area contributed by atoms with Crippen molar-refractivity contribution in [1.82, 2.24) is 4.90 Å². The lowest BCUT2D eigenvalue weighted by atomic mass is 9.86. The zero-order valence-electron chi connectivity index (χ0n) is 16.1. The summed E-state index contributed by atoms with van der Waals surface area (Å²) in [6.45, 7) is 1.97. The summed E-state index contributed by atoms with van der Waals surface area (Å²) < 4.78 is 0. The smallest absolute Gasteiger partial charge is 0.330 e. The Morgan fingerprint density at radius 3 is 2.32 bits per heavy atom. The van der Waals surface area contributed by atoms with E-state index in [1.807, 2.05) is 0 Å². The van der Waals surface area contributed by atoms with Crippen LogP contribution in [0.2, 0.25) is 5.02 Å². The van der Waals surface area contributed by atoms with Crippen molar-refractivity contribution in [2.24, 2.45) is 11.7 Å². The van der Waals surface area contributed by atoms with E-state index in [2.05, 4.69) is 6.07 Å². The van der Waals surface area contributed by atoms with Crippen molar-refractivity contribution in [3.63, 3.8) is 0 Å². The molecule has 0 bridgehead atoms. The van der Waals surface area contributed by atoms with Crippen LogP contribution >= 0.6 is 11.6 Å². The summed E-state index contributed by atoms with van der Waals surface area (Å²) in [5.74, 6) is -1.25. The van der Waals surface area contributed by atoms with Crippen LogP contribution in [0.4, 0.5) is 10.5 Å². The Balaban J connectivity index is 2.40. The quantitative estimate of drug-likeness (QED) is 0.832. The lowest BCUT2D eigenvalue weighted by molar-refractivity contribution is -0.121. The van der Waals surface area contributed by atoms with Crippen molar-refractivity contribution in [3.8, 4) is 6.07 Å². The number of anilines is 1. The molecular weight excluding hydrogens is 376 g/mol. The van der Waals surface area contributed by atoms with Crippen LogP contribution in [0, 0.1) is 17.2 Å². The molecule has 0 aromatic heterocycles. The zero-order valence-corrected chi connectivity index (χ0v) is 16.8. The zero-order chi connectivity index (χ0) is 20.8. The van der Waals surface area contributed by atoms with Crippen molar-refractivity contribution in [3.05, 3.63) is 64.7 Å². The van der Waals surface area contributed by atoms with E-state index in [1.54, 1.807) is 69.6 Å². The highest BCUT2D eigenvalue weighted by molar-refractivity contribution is 6.31. The Kier molecular flexibility index (Phi) is 7.16. The SMILES string of the molecule is C[C@H](C(=O)N(C(=O)N(C)C)c1cccc(Cl)c1)[C@@H](CN)c1ccc(C#N)cc1. The van der Waals surface area contributed by atoms with Gasteiger partial charge in [-0.2, -0.15) is 5.26 Å². The maximum Gasteiger partial charge on any atom is 0.330 e. The molecule has 0 saturated carbocycles. The van der Waals surface area contributed by atoms with Crippen LogP contribution < -0.4 is 10.6 Å². The van der Waals surface area contributed by atoms with E-state index in [0.717, 1.165) is 10.5 Å². The number of urea groups is 1. The summed E-state index contributed by atoms with van der Waals surface area (Å²) in [7, 11) is 3.16. The maximum absolute atomic E-state index is 13.3. The van der Waals surface area contributed by atoms with Gasteiger partial charge in [-0.3, -0.25) is 4.79 Å². The van der Waals surface area contributed by atoms with Gasteiger partial charge in [0, 0.05) is 31.0 Å². The fourth-order valence-corrected chi connectivity index (χ4v) is 3.14. The minimum atomic E-state index is -0.569. The van der Waals surface area contributed by atoms with Gasteiger partial charge in [-0.15, -0.1) is 0 Å². The lowest BCUT2D eigenvalue weighted by Crippen LogP contribution is -2.47. The first-order chi connectivity index (χ1) is 13.3. The highest BCUT2D eigenvalue weighted by Gasteiger charge is 2.33. The number of carbonyl (C=O) groups excluding carboxylic acids is 2. The number of benzene rings is 2. The highest BCUT2D eigenvalue weighted by Crippen LogP contribution is 2.29. The van der Waals surface area contributed by atoms with Gasteiger partial charge in [-0.1, -0.05) is 36.7 Å². The first-order valence-electron chi connectivity index (χ1n) is 8.81. The first-order valence-corrected chi connectivity index (χ1v) is 9.18. The molecule has 2 atom stereocenters. The second-order valence-electron chi connectivity index (χ2n) is 6.70. The van der Waals surface area contributed by atoms with Crippen LogP contribution in [0.5, 0.6) is 0 Å². The maximum atomic E-state index is 13.3. The van der Waals surface area contributed by atoms with Gasteiger partial charge in [0.25, 0.3) is 0 Å². The number of hydrogen-bond acceptors (Lipinski definition) is 4. The third kappa shape index (κ3) is 4.69. The van der Waals surface area contributed by atoms with Crippen LogP contribution in [-0.2, 0) is 4.79 Å². The molecule has 0 fully saturated rings. The Hall–Kier alpha value is -2.88. The van der Waals surface area contributed by atoms with E-state index < -0.39 is 11.9 Å². The molecule has 0 radical (unpaired) electrons. The average Bonchev–Trinajstić information content (AvgIpc) is 2.69. The number of nitrogens with two attached hydrogens (primary N) is 1. The largest absolute Gasteiger partial charge is 0.330 e. The van der Waals surface area contributed by atoms with Gasteiger partial charge in [-0.25, -0.2) is 9.69 Å². The predicted molar refractivity (Wildman–Crippen MR) is 110 cm³/mol. The Morgan fingerprint density at radius 2 is 1.82 bits per heavy atom. The molecule has 2 rings (SSSR count). The van der Waals surface area contributed by atoms with Gasteiger partial charge in [0.2, 0.25) is 5.91 Å². The molecule has 0 spiro atoms. The van der Waals surface area contributed by atoms with Crippen molar-refractivity contribution >= 4 is 29.2 Å². The lowest BCUT2D eigenvalue weighted by Gasteiger charge is -2.30. The number of nitrogens with zero attached hydrogens (tertiary/aromatic N) is 3. The van der Waals surface area contributed by atoms with Crippen LogP contribution in [-0.4, -0.2) is 37.5 Å². The number of nitriles is 1. The Labute approximate surface area is 170 Å². The van der Waals surface area contributed by atoms with E-state index in [-0.39, 0.29) is 18.4 Å². The Morgan fingerprint density at radius 1 is 1.18 bits per heavy atom. The molecule has 0 aliphatic carbocycles. The van der Waals surface area contributed by atoms with Crippen molar-refractivity contribution < 1.29 is 9.59 Å². The molecule has 0 heterocycles. The summed E-state index contributed by atoms with van der Waals surface area (Å²) >= 11 is 6.06. The van der Waals surface area contributed by atoms with Crippen LogP contribution in [0.3, 0.4) is 0 Å². The third-order valence-electron chi connectivity index (χ3n) is 4.58. The van der Waals surface area contributed by atoms with Gasteiger partial charge >= 0.3 is 6.03 Å². The highest BCUT2D eigenvalue weighted by atomic mass is 35.5. The molecule has 0 saturated heterocycles. The molecule has 2 aromatic rings. The van der Waals surface area contributed by atoms with E-state index in [9.17, 15) is 9.59 Å². The average molecular weight is 399 g/mol. The molecule has 6 nitrogen and oxygen atoms in total. The monoisotopic (exact) mass is 398 g/mol. The molecule has 2 aromatic carbocycles. The normalized spacial score (nSPS) is 12.6. The van der Waals surface area contributed by atoms with Crippen molar-refractivity contribution in [2.45, 2.75) is 12.8 Å². The standard InChI is InChI=1S/C21H23ClN4O2/c1-14(19(13-24)16-9-7-15(12-23)8-10-16)20(27)26(21(28)25(2)3)18-6-4-5-17(22)11-18/h4-11,14,19H,13,24H2,1-3H3/t14-,19+/m0/s1. The van der Waals surface area contributed by atoms with Crippen LogP contribution in [0.15, 0.2) is 48.5 Å². The summed E-state index contributed by atoms with van der Waals surface area (Å²) in [6.07, 6.45) is 0. The third-order valence-corrected chi connectivity index (χ3v) is 4.81. The van der Waals surface area contributed by atoms with Gasteiger partial charge in [-0.05, 0) is 42.4 Å². The van der Waals surface area contributed by atoms with E-state index in [1.165, 1.54) is 4.90 Å². The summed E-state index contributed by atoms with van der Waals surface area (Å²) in [4.78, 5) is 28.5. The number of hydrogen-bond donors (Lipinski definition) is 1. The molecule has 0 aliphatic rings. The Bertz CT molecular complexity index is 890. The number of halogens is 1. The predicted octanol–water partition coefficient (Wildman–Crippen LogP) is 3.60. The number of amides is 3. The van der Waals surface area contributed by atoms with Gasteiger partial charge in [0.05, 0.1) is 17.3 Å².